The highest BCUT2D eigenvalue weighted by Crippen LogP contribution is 2.55. The molecule has 0 N–H and O–H groups in total. The first kappa shape index (κ1) is 35.6. The fourth-order valence-corrected chi connectivity index (χ4v) is 11.1. The molecule has 8 aromatic rings. The number of para-hydroxylation sites is 4. The minimum absolute atomic E-state index is 0.00193. The molecule has 0 saturated heterocycles. The molecule has 8 aromatic carbocycles. The van der Waals surface area contributed by atoms with Gasteiger partial charge in [-0.15, -0.1) is 0 Å². The van der Waals surface area contributed by atoms with Crippen molar-refractivity contribution < 1.29 is 0 Å². The number of rotatable bonds is 7. The van der Waals surface area contributed by atoms with E-state index >= 15 is 0 Å². The Morgan fingerprint density at radius 1 is 0.459 bits per heavy atom. The van der Waals surface area contributed by atoms with Crippen molar-refractivity contribution in [3.8, 4) is 0 Å². The van der Waals surface area contributed by atoms with E-state index < -0.39 is 5.41 Å². The lowest BCUT2D eigenvalue weighted by Gasteiger charge is -2.53. The Hall–Kier alpha value is -7.30. The molecule has 3 aliphatic heterocycles. The van der Waals surface area contributed by atoms with Crippen molar-refractivity contribution in [1.82, 2.24) is 0 Å². The number of benzene rings is 8. The summed E-state index contributed by atoms with van der Waals surface area (Å²) in [5, 5.41) is 0. The van der Waals surface area contributed by atoms with E-state index in [0.717, 1.165) is 41.3 Å². The molecule has 3 heterocycles. The topological polar surface area (TPSA) is 9.72 Å². The maximum absolute atomic E-state index is 2.58. The van der Waals surface area contributed by atoms with Crippen LogP contribution in [0.4, 0.5) is 51.2 Å². The van der Waals surface area contributed by atoms with E-state index in [4.69, 9.17) is 0 Å². The number of hydrogen-bond donors (Lipinski definition) is 0. The van der Waals surface area contributed by atoms with E-state index in [-0.39, 0.29) is 6.71 Å². The summed E-state index contributed by atoms with van der Waals surface area (Å²) < 4.78 is 0. The van der Waals surface area contributed by atoms with Gasteiger partial charge in [0.05, 0.1) is 11.1 Å². The van der Waals surface area contributed by atoms with Crippen molar-refractivity contribution in [3.05, 3.63) is 240 Å². The van der Waals surface area contributed by atoms with Gasteiger partial charge in [-0.3, -0.25) is 0 Å². The summed E-state index contributed by atoms with van der Waals surface area (Å²) in [5.74, 6) is 0. The maximum atomic E-state index is 2.58. The second-order valence-corrected chi connectivity index (χ2v) is 16.9. The van der Waals surface area contributed by atoms with Crippen LogP contribution in [0.25, 0.3) is 0 Å². The highest BCUT2D eigenvalue weighted by atomic mass is 15.2. The summed E-state index contributed by atoms with van der Waals surface area (Å²) >= 11 is 0. The van der Waals surface area contributed by atoms with Gasteiger partial charge in [-0.05, 0) is 149 Å². The summed E-state index contributed by atoms with van der Waals surface area (Å²) in [6.07, 6.45) is 9.43. The van der Waals surface area contributed by atoms with Gasteiger partial charge in [0.15, 0.2) is 0 Å². The minimum Gasteiger partial charge on any atom is -0.311 e. The first-order valence-corrected chi connectivity index (χ1v) is 21.6. The van der Waals surface area contributed by atoms with E-state index in [1.165, 1.54) is 72.5 Å². The summed E-state index contributed by atoms with van der Waals surface area (Å²) in [6.45, 7) is 4.59. The Kier molecular flexibility index (Phi) is 8.12. The first-order valence-electron chi connectivity index (χ1n) is 21.6. The van der Waals surface area contributed by atoms with Gasteiger partial charge in [-0.25, -0.2) is 0 Å². The SMILES string of the molecule is Cc1cc2c3c(c1)C(C1=CCCC=C1)(c1ccccc1)c1cc(C)cc4c1B3c1c(cc(N(c3ccccc3)c3ccccc3)cc1N4c1ccccc1)N2c1ccccc1. The molecule has 3 nitrogen and oxygen atoms in total. The van der Waals surface area contributed by atoms with Crippen LogP contribution in [0.15, 0.2) is 212 Å². The van der Waals surface area contributed by atoms with Crippen molar-refractivity contribution in [2.75, 3.05) is 14.7 Å². The van der Waals surface area contributed by atoms with E-state index in [0.29, 0.717) is 0 Å². The van der Waals surface area contributed by atoms with Gasteiger partial charge in [-0.1, -0.05) is 133 Å². The molecule has 4 aliphatic rings. The van der Waals surface area contributed by atoms with Crippen LogP contribution < -0.4 is 31.1 Å². The van der Waals surface area contributed by atoms with Crippen LogP contribution in [0.5, 0.6) is 0 Å². The second-order valence-electron chi connectivity index (χ2n) is 16.9. The second kappa shape index (κ2) is 13.9. The average Bonchev–Trinajstić information content (AvgIpc) is 3.31. The zero-order valence-corrected chi connectivity index (χ0v) is 34.5. The molecule has 1 aliphatic carbocycles. The van der Waals surface area contributed by atoms with E-state index in [9.17, 15) is 0 Å². The third-order valence-corrected chi connectivity index (χ3v) is 13.3. The zero-order chi connectivity index (χ0) is 40.7. The highest BCUT2D eigenvalue weighted by Gasteiger charge is 2.55. The monoisotopic (exact) mass is 781 g/mol. The van der Waals surface area contributed by atoms with Gasteiger partial charge < -0.3 is 14.7 Å². The molecule has 0 bridgehead atoms. The molecular formula is C57H44BN3. The fraction of sp³-hybridized carbons (Fsp3) is 0.0877. The van der Waals surface area contributed by atoms with Crippen LogP contribution >= 0.6 is 0 Å². The Bertz CT molecular complexity index is 2880. The van der Waals surface area contributed by atoms with Crippen LogP contribution in [0.3, 0.4) is 0 Å². The molecule has 0 spiro atoms. The van der Waals surface area contributed by atoms with E-state index in [1.807, 2.05) is 0 Å². The van der Waals surface area contributed by atoms with Crippen LogP contribution in [0.1, 0.15) is 40.7 Å². The summed E-state index contributed by atoms with van der Waals surface area (Å²) in [6, 6.07) is 70.0. The average molecular weight is 782 g/mol. The van der Waals surface area contributed by atoms with Gasteiger partial charge in [0, 0.05) is 45.5 Å². The normalized spacial score (nSPS) is 15.0. The van der Waals surface area contributed by atoms with Crippen molar-refractivity contribution in [1.29, 1.82) is 0 Å². The quantitative estimate of drug-likeness (QED) is 0.149. The standard InChI is InChI=1S/C57H44BN3/c1-39-33-48-54-50(35-39)60(45-29-17-7-18-30-45)52-37-47(59(43-25-13-5-14-26-43)44-27-15-6-16-28-44)38-53-56(52)58(54)55-49(34-40(2)36-51(55)61(53)46-31-19-8-20-32-46)57(48,41-21-9-3-10-22-41)42-23-11-4-12-24-42/h3,5-11,13-38H,4,12H2,1-2H3. The maximum Gasteiger partial charge on any atom is 0.253 e. The van der Waals surface area contributed by atoms with Crippen LogP contribution in [0.2, 0.25) is 0 Å². The largest absolute Gasteiger partial charge is 0.311 e. The Balaban J connectivity index is 1.28. The third-order valence-electron chi connectivity index (χ3n) is 13.3. The number of hydrogen-bond acceptors (Lipinski definition) is 3. The summed E-state index contributed by atoms with van der Waals surface area (Å²) in [4.78, 5) is 7.57. The van der Waals surface area contributed by atoms with Gasteiger partial charge in [0.1, 0.15) is 0 Å². The van der Waals surface area contributed by atoms with E-state index in [2.05, 4.69) is 235 Å². The van der Waals surface area contributed by atoms with Crippen LogP contribution in [0, 0.1) is 13.8 Å². The summed E-state index contributed by atoms with van der Waals surface area (Å²) in [7, 11) is 0. The van der Waals surface area contributed by atoms with Crippen molar-refractivity contribution in [3.63, 3.8) is 0 Å². The zero-order valence-electron chi connectivity index (χ0n) is 34.5. The van der Waals surface area contributed by atoms with Gasteiger partial charge in [0.2, 0.25) is 0 Å². The molecule has 12 rings (SSSR count). The van der Waals surface area contributed by atoms with Gasteiger partial charge >= 0.3 is 0 Å². The number of anilines is 9. The van der Waals surface area contributed by atoms with Crippen LogP contribution in [-0.2, 0) is 5.41 Å². The van der Waals surface area contributed by atoms with Gasteiger partial charge in [-0.2, -0.15) is 0 Å². The molecule has 0 fully saturated rings. The lowest BCUT2D eigenvalue weighted by molar-refractivity contribution is 0.733. The smallest absolute Gasteiger partial charge is 0.253 e. The molecular weight excluding hydrogens is 737 g/mol. The summed E-state index contributed by atoms with van der Waals surface area (Å²) in [5.41, 5.74) is 22.0. The molecule has 0 aromatic heterocycles. The predicted molar refractivity (Wildman–Crippen MR) is 257 cm³/mol. The Morgan fingerprint density at radius 3 is 1.36 bits per heavy atom. The Labute approximate surface area is 359 Å². The molecule has 0 unspecified atom stereocenters. The van der Waals surface area contributed by atoms with Crippen LogP contribution in [-0.4, -0.2) is 6.71 Å². The number of allylic oxidation sites excluding steroid dienone is 4. The third kappa shape index (κ3) is 5.25. The van der Waals surface area contributed by atoms with E-state index in [1.54, 1.807) is 0 Å². The molecule has 61 heavy (non-hydrogen) atoms. The lowest BCUT2D eigenvalue weighted by Crippen LogP contribution is -2.68. The van der Waals surface area contributed by atoms with Crippen molar-refractivity contribution in [2.45, 2.75) is 32.1 Å². The fourth-order valence-electron chi connectivity index (χ4n) is 11.1. The minimum atomic E-state index is -0.544. The first-order chi connectivity index (χ1) is 30.1. The molecule has 0 saturated carbocycles. The molecule has 0 radical (unpaired) electrons. The molecule has 290 valence electrons. The molecule has 0 atom stereocenters. The molecule has 0 amide bonds. The highest BCUT2D eigenvalue weighted by molar-refractivity contribution is 7.01. The molecule has 4 heteroatoms. The Morgan fingerprint density at radius 2 is 0.902 bits per heavy atom. The number of aryl methyl sites for hydroxylation is 2. The van der Waals surface area contributed by atoms with Crippen molar-refractivity contribution >= 4 is 74.3 Å². The predicted octanol–water partition coefficient (Wildman–Crippen LogP) is 12.8. The van der Waals surface area contributed by atoms with Crippen molar-refractivity contribution in [2.24, 2.45) is 0 Å². The lowest BCUT2D eigenvalue weighted by atomic mass is 9.27. The number of nitrogens with zero attached hydrogens (tertiary/aromatic N) is 3. The van der Waals surface area contributed by atoms with Gasteiger partial charge in [0.25, 0.3) is 6.71 Å².